The van der Waals surface area contributed by atoms with Crippen molar-refractivity contribution in [3.63, 3.8) is 0 Å². The van der Waals surface area contributed by atoms with Crippen LogP contribution in [0.15, 0.2) is 85.0 Å². The van der Waals surface area contributed by atoms with Gasteiger partial charge in [0, 0.05) is 24.2 Å². The van der Waals surface area contributed by atoms with Crippen molar-refractivity contribution in [2.45, 2.75) is 104 Å². The summed E-state index contributed by atoms with van der Waals surface area (Å²) in [6.45, 7) is 11.4. The molecule has 0 aliphatic heterocycles. The molecule has 4 rings (SSSR count). The minimum atomic E-state index is -2.78. The number of hydrogen-bond acceptors (Lipinski definition) is 4. The zero-order valence-corrected chi connectivity index (χ0v) is 28.0. The SMILES string of the molecule is CCCCC/C=C\C[C@]12C(=O)C[C@H](O[Si](c3ccccc3)(c3ccccc3)C(C)(C)C)[C@H]1[C@@H]2/C=C\CCCC(=O)OCC. The Labute approximate surface area is 261 Å². The third-order valence-corrected chi connectivity index (χ3v) is 14.6. The van der Waals surface area contributed by atoms with Crippen molar-refractivity contribution in [3.05, 3.63) is 85.0 Å². The molecule has 2 fully saturated rings. The van der Waals surface area contributed by atoms with Crippen LogP contribution >= 0.6 is 0 Å². The summed E-state index contributed by atoms with van der Waals surface area (Å²) in [6.07, 6.45) is 16.8. The summed E-state index contributed by atoms with van der Waals surface area (Å²) >= 11 is 0. The van der Waals surface area contributed by atoms with Gasteiger partial charge in [0.25, 0.3) is 8.32 Å². The molecule has 4 atom stereocenters. The first-order valence-electron chi connectivity index (χ1n) is 16.5. The fraction of sp³-hybridized carbons (Fsp3) is 0.526. The summed E-state index contributed by atoms with van der Waals surface area (Å²) in [6, 6.07) is 21.5. The molecule has 232 valence electrons. The molecule has 43 heavy (non-hydrogen) atoms. The molecular formula is C38H52O4Si. The monoisotopic (exact) mass is 600 g/mol. The van der Waals surface area contributed by atoms with Gasteiger partial charge in [-0.3, -0.25) is 9.59 Å². The van der Waals surface area contributed by atoms with E-state index in [9.17, 15) is 9.59 Å². The van der Waals surface area contributed by atoms with Crippen molar-refractivity contribution >= 4 is 30.4 Å². The summed E-state index contributed by atoms with van der Waals surface area (Å²) in [5.74, 6) is 0.542. The molecule has 0 heterocycles. The van der Waals surface area contributed by atoms with Crippen molar-refractivity contribution in [1.82, 2.24) is 0 Å². The molecule has 0 unspecified atom stereocenters. The summed E-state index contributed by atoms with van der Waals surface area (Å²) in [5.41, 5.74) is -0.380. The van der Waals surface area contributed by atoms with Crippen LogP contribution in [0.2, 0.25) is 5.04 Å². The molecule has 0 bridgehead atoms. The minimum Gasteiger partial charge on any atom is -0.466 e. The summed E-state index contributed by atoms with van der Waals surface area (Å²) in [4.78, 5) is 25.8. The minimum absolute atomic E-state index is 0.124. The second kappa shape index (κ2) is 14.8. The molecule has 0 N–H and O–H groups in total. The summed E-state index contributed by atoms with van der Waals surface area (Å²) < 4.78 is 12.6. The van der Waals surface area contributed by atoms with Crippen molar-refractivity contribution in [1.29, 1.82) is 0 Å². The predicted molar refractivity (Wildman–Crippen MR) is 179 cm³/mol. The zero-order chi connectivity index (χ0) is 30.9. The molecule has 0 saturated heterocycles. The number of carbonyl (C=O) groups excluding carboxylic acids is 2. The third-order valence-electron chi connectivity index (χ3n) is 9.52. The number of hydrogen-bond donors (Lipinski definition) is 0. The van der Waals surface area contributed by atoms with E-state index >= 15 is 0 Å². The molecule has 2 aromatic rings. The highest BCUT2D eigenvalue weighted by Crippen LogP contribution is 2.70. The van der Waals surface area contributed by atoms with E-state index in [1.165, 1.54) is 29.6 Å². The van der Waals surface area contributed by atoms with Gasteiger partial charge < -0.3 is 9.16 Å². The van der Waals surface area contributed by atoms with E-state index in [1.807, 2.05) is 6.92 Å². The van der Waals surface area contributed by atoms with Crippen LogP contribution in [-0.4, -0.2) is 32.8 Å². The van der Waals surface area contributed by atoms with Crippen LogP contribution < -0.4 is 10.4 Å². The van der Waals surface area contributed by atoms with Crippen LogP contribution in [-0.2, 0) is 18.8 Å². The third kappa shape index (κ3) is 7.15. The Bertz CT molecular complexity index is 1210. The lowest BCUT2D eigenvalue weighted by Crippen LogP contribution is -2.67. The van der Waals surface area contributed by atoms with Gasteiger partial charge in [-0.2, -0.15) is 0 Å². The van der Waals surface area contributed by atoms with Gasteiger partial charge in [0.05, 0.1) is 12.7 Å². The lowest BCUT2D eigenvalue weighted by atomic mass is 9.93. The van der Waals surface area contributed by atoms with Crippen molar-refractivity contribution in [2.24, 2.45) is 17.3 Å². The Hall–Kier alpha value is -2.76. The quantitative estimate of drug-likeness (QED) is 0.0849. The number of fused-ring (bicyclic) bond motifs is 1. The number of ether oxygens (including phenoxy) is 1. The van der Waals surface area contributed by atoms with Gasteiger partial charge in [0.15, 0.2) is 0 Å². The van der Waals surface area contributed by atoms with Crippen LogP contribution in [0.5, 0.6) is 0 Å². The zero-order valence-electron chi connectivity index (χ0n) is 27.0. The van der Waals surface area contributed by atoms with E-state index in [0.717, 1.165) is 25.7 Å². The van der Waals surface area contributed by atoms with E-state index in [2.05, 4.69) is 113 Å². The molecular weight excluding hydrogens is 549 g/mol. The molecule has 0 aromatic heterocycles. The first kappa shape index (κ1) is 33.1. The van der Waals surface area contributed by atoms with Crippen LogP contribution in [0, 0.1) is 17.3 Å². The summed E-state index contributed by atoms with van der Waals surface area (Å²) in [7, 11) is -2.78. The maximum atomic E-state index is 14.0. The number of Topliss-reactive ketones (excluding diaryl/α,β-unsaturated/α-hetero) is 1. The van der Waals surface area contributed by atoms with Crippen molar-refractivity contribution < 1.29 is 18.8 Å². The molecule has 2 aliphatic carbocycles. The standard InChI is InChI=1S/C38H52O4Si/c1-6-8-9-10-11-21-28-38-32(26-19-14-20-27-35(40)41-7-2)36(38)33(29-34(38)39)42-43(37(3,4)5,30-22-15-12-16-23-30)31-24-17-13-18-25-31/h11-13,15-19,21-26,32-33,36H,6-10,14,20,27-29H2,1-5H3/b21-11-,26-19-/t32-,33-,36+,38-/m0/s1. The topological polar surface area (TPSA) is 52.6 Å². The maximum Gasteiger partial charge on any atom is 0.305 e. The fourth-order valence-corrected chi connectivity index (χ4v) is 12.1. The molecule has 4 nitrogen and oxygen atoms in total. The Morgan fingerprint density at radius 2 is 1.53 bits per heavy atom. The average Bonchev–Trinajstić information content (AvgIpc) is 3.55. The molecule has 2 aromatic carbocycles. The first-order valence-corrected chi connectivity index (χ1v) is 18.4. The van der Waals surface area contributed by atoms with E-state index < -0.39 is 8.32 Å². The van der Waals surface area contributed by atoms with Crippen LogP contribution in [0.3, 0.4) is 0 Å². The lowest BCUT2D eigenvalue weighted by molar-refractivity contribution is -0.143. The molecule has 5 heteroatoms. The largest absolute Gasteiger partial charge is 0.466 e. The number of allylic oxidation sites excluding steroid dienone is 4. The van der Waals surface area contributed by atoms with E-state index in [-0.39, 0.29) is 34.4 Å². The number of ketones is 1. The highest BCUT2D eigenvalue weighted by atomic mass is 28.4. The van der Waals surface area contributed by atoms with Gasteiger partial charge in [0.1, 0.15) is 5.78 Å². The fourth-order valence-electron chi connectivity index (χ4n) is 7.39. The Morgan fingerprint density at radius 1 is 0.907 bits per heavy atom. The Balaban J connectivity index is 1.63. The molecule has 0 spiro atoms. The average molecular weight is 601 g/mol. The normalized spacial score (nSPS) is 23.7. The van der Waals surface area contributed by atoms with Gasteiger partial charge in [-0.05, 0) is 60.4 Å². The maximum absolute atomic E-state index is 14.0. The van der Waals surface area contributed by atoms with E-state index in [0.29, 0.717) is 25.2 Å². The number of carbonyl (C=O) groups is 2. The number of rotatable bonds is 16. The van der Waals surface area contributed by atoms with Crippen LogP contribution in [0.25, 0.3) is 0 Å². The first-order chi connectivity index (χ1) is 20.7. The van der Waals surface area contributed by atoms with Crippen molar-refractivity contribution in [3.8, 4) is 0 Å². The lowest BCUT2D eigenvalue weighted by Gasteiger charge is -2.45. The van der Waals surface area contributed by atoms with Gasteiger partial charge in [0.2, 0.25) is 0 Å². The molecule has 2 aliphatic rings. The van der Waals surface area contributed by atoms with Crippen LogP contribution in [0.1, 0.15) is 92.4 Å². The Kier molecular flexibility index (Phi) is 11.4. The van der Waals surface area contributed by atoms with Gasteiger partial charge in [-0.25, -0.2) is 0 Å². The smallest absolute Gasteiger partial charge is 0.305 e. The molecule has 0 amide bonds. The predicted octanol–water partition coefficient (Wildman–Crippen LogP) is 7.95. The number of unbranched alkanes of at least 4 members (excludes halogenated alkanes) is 4. The second-order valence-electron chi connectivity index (χ2n) is 13.3. The highest BCUT2D eigenvalue weighted by Gasteiger charge is 2.74. The van der Waals surface area contributed by atoms with Crippen molar-refractivity contribution in [2.75, 3.05) is 6.61 Å². The number of benzene rings is 2. The van der Waals surface area contributed by atoms with Gasteiger partial charge in [-0.15, -0.1) is 0 Å². The van der Waals surface area contributed by atoms with Gasteiger partial charge in [-0.1, -0.05) is 126 Å². The molecule has 2 saturated carbocycles. The van der Waals surface area contributed by atoms with Gasteiger partial charge >= 0.3 is 5.97 Å². The van der Waals surface area contributed by atoms with E-state index in [1.54, 1.807) is 0 Å². The van der Waals surface area contributed by atoms with Crippen LogP contribution in [0.4, 0.5) is 0 Å². The number of esters is 1. The second-order valence-corrected chi connectivity index (χ2v) is 17.6. The summed E-state index contributed by atoms with van der Waals surface area (Å²) in [5, 5.41) is 2.36. The highest BCUT2D eigenvalue weighted by molar-refractivity contribution is 6.99. The Morgan fingerprint density at radius 3 is 2.12 bits per heavy atom. The van der Waals surface area contributed by atoms with E-state index in [4.69, 9.17) is 9.16 Å². The molecule has 0 radical (unpaired) electrons.